The van der Waals surface area contributed by atoms with Crippen LogP contribution in [0.4, 0.5) is 8.78 Å². The largest absolute Gasteiger partial charge is 0.370 e. The van der Waals surface area contributed by atoms with Crippen molar-refractivity contribution in [1.82, 2.24) is 15.3 Å². The minimum absolute atomic E-state index is 0.198. The van der Waals surface area contributed by atoms with Crippen LogP contribution in [0.5, 0.6) is 0 Å². The van der Waals surface area contributed by atoms with Crippen LogP contribution >= 0.6 is 0 Å². The smallest absolute Gasteiger partial charge is 0.256 e. The van der Waals surface area contributed by atoms with E-state index in [9.17, 15) is 8.78 Å². The molecule has 4 nitrogen and oxygen atoms in total. The van der Waals surface area contributed by atoms with Crippen molar-refractivity contribution in [3.8, 4) is 0 Å². The van der Waals surface area contributed by atoms with Crippen molar-refractivity contribution < 1.29 is 8.78 Å². The summed E-state index contributed by atoms with van der Waals surface area (Å²) >= 11 is 0. The molecule has 6 heteroatoms. The molecule has 2 heterocycles. The second kappa shape index (κ2) is 4.68. The summed E-state index contributed by atoms with van der Waals surface area (Å²) in [5, 5.41) is 14.5. The van der Waals surface area contributed by atoms with Crippen LogP contribution in [0.1, 0.15) is 13.3 Å². The van der Waals surface area contributed by atoms with Crippen LogP contribution in [0.15, 0.2) is 24.4 Å². The number of halogens is 2. The third kappa shape index (κ3) is 2.38. The van der Waals surface area contributed by atoms with Gasteiger partial charge in [-0.25, -0.2) is 13.8 Å². The monoisotopic (exact) mass is 256 g/mol. The Bertz CT molecular complexity index is 392. The van der Waals surface area contributed by atoms with Gasteiger partial charge in [-0.15, -0.1) is 6.58 Å². The highest BCUT2D eigenvalue weighted by molar-refractivity contribution is 5.91. The quantitative estimate of drug-likeness (QED) is 0.740. The van der Waals surface area contributed by atoms with E-state index in [0.29, 0.717) is 12.5 Å². The minimum atomic E-state index is -2.69. The van der Waals surface area contributed by atoms with Crippen molar-refractivity contribution in [1.29, 1.82) is 5.41 Å². The second-order valence-corrected chi connectivity index (χ2v) is 4.71. The first-order chi connectivity index (χ1) is 8.44. The number of amidine groups is 1. The fourth-order valence-corrected chi connectivity index (χ4v) is 2.25. The molecule has 0 aliphatic carbocycles. The minimum Gasteiger partial charge on any atom is -0.370 e. The summed E-state index contributed by atoms with van der Waals surface area (Å²) in [6.45, 7) is 6.28. The van der Waals surface area contributed by atoms with Gasteiger partial charge in [0, 0.05) is 31.3 Å². The van der Waals surface area contributed by atoms with Gasteiger partial charge in [-0.2, -0.15) is 0 Å². The summed E-state index contributed by atoms with van der Waals surface area (Å²) in [5.74, 6) is -3.21. The van der Waals surface area contributed by atoms with Crippen LogP contribution in [-0.4, -0.2) is 41.5 Å². The Labute approximate surface area is 105 Å². The van der Waals surface area contributed by atoms with E-state index in [1.165, 1.54) is 6.08 Å². The van der Waals surface area contributed by atoms with Crippen molar-refractivity contribution in [2.75, 3.05) is 19.8 Å². The lowest BCUT2D eigenvalue weighted by Gasteiger charge is -2.44. The number of allylic oxidation sites excluding steroid dienone is 1. The molecule has 2 aliphatic rings. The van der Waals surface area contributed by atoms with E-state index < -0.39 is 11.8 Å². The first kappa shape index (κ1) is 13.0. The first-order valence-corrected chi connectivity index (χ1v) is 5.97. The fourth-order valence-electron chi connectivity index (χ4n) is 2.25. The normalized spacial score (nSPS) is 28.6. The van der Waals surface area contributed by atoms with E-state index in [1.54, 1.807) is 16.1 Å². The van der Waals surface area contributed by atoms with Crippen molar-refractivity contribution in [3.05, 3.63) is 24.4 Å². The third-order valence-electron chi connectivity index (χ3n) is 3.42. The van der Waals surface area contributed by atoms with Gasteiger partial charge in [0.05, 0.1) is 5.92 Å². The molecule has 2 N–H and O–H groups in total. The van der Waals surface area contributed by atoms with Crippen molar-refractivity contribution in [2.24, 2.45) is 5.92 Å². The van der Waals surface area contributed by atoms with Crippen molar-refractivity contribution in [2.45, 2.75) is 19.3 Å². The van der Waals surface area contributed by atoms with Crippen LogP contribution in [0, 0.1) is 11.3 Å². The Kier molecular flexibility index (Phi) is 3.38. The molecule has 2 aliphatic heterocycles. The van der Waals surface area contributed by atoms with Gasteiger partial charge in [-0.05, 0) is 6.92 Å². The zero-order chi connectivity index (χ0) is 13.3. The maximum atomic E-state index is 13.6. The number of hydrogen-bond donors (Lipinski definition) is 2. The molecule has 1 atom stereocenters. The molecule has 1 saturated heterocycles. The number of nitrogens with one attached hydrogen (secondary N) is 2. The maximum Gasteiger partial charge on any atom is 0.256 e. The molecule has 1 fully saturated rings. The van der Waals surface area contributed by atoms with Crippen LogP contribution in [0.25, 0.3) is 0 Å². The molecular formula is C12H18F2N4. The lowest BCUT2D eigenvalue weighted by molar-refractivity contribution is -0.125. The average molecular weight is 256 g/mol. The molecule has 1 unspecified atom stereocenters. The van der Waals surface area contributed by atoms with Crippen LogP contribution in [-0.2, 0) is 0 Å². The zero-order valence-corrected chi connectivity index (χ0v) is 10.4. The van der Waals surface area contributed by atoms with E-state index in [0.717, 1.165) is 5.70 Å². The van der Waals surface area contributed by atoms with Gasteiger partial charge in [0.1, 0.15) is 12.5 Å². The number of nitrogens with zero attached hydrogens (tertiary/aromatic N) is 2. The highest BCUT2D eigenvalue weighted by atomic mass is 19.3. The van der Waals surface area contributed by atoms with Crippen LogP contribution in [0.2, 0.25) is 0 Å². The molecule has 100 valence electrons. The first-order valence-electron chi connectivity index (χ1n) is 5.97. The Balaban J connectivity index is 2.08. The topological polar surface area (TPSA) is 42.4 Å². The summed E-state index contributed by atoms with van der Waals surface area (Å²) in [5.41, 5.74) is 0.916. The zero-order valence-electron chi connectivity index (χ0n) is 10.4. The molecular weight excluding hydrogens is 238 g/mol. The van der Waals surface area contributed by atoms with Crippen molar-refractivity contribution in [3.63, 3.8) is 0 Å². The summed E-state index contributed by atoms with van der Waals surface area (Å²) in [7, 11) is 0. The number of alkyl halides is 2. The fraction of sp³-hybridized carbons (Fsp3) is 0.583. The summed E-state index contributed by atoms with van der Waals surface area (Å²) in [6, 6.07) is 0. The van der Waals surface area contributed by atoms with Gasteiger partial charge in [0.25, 0.3) is 5.92 Å². The number of hydrazine groups is 1. The summed E-state index contributed by atoms with van der Waals surface area (Å²) in [4.78, 5) is 0. The third-order valence-corrected chi connectivity index (χ3v) is 3.42. The lowest BCUT2D eigenvalue weighted by atomic mass is 9.94. The Morgan fingerprint density at radius 1 is 1.61 bits per heavy atom. The van der Waals surface area contributed by atoms with Gasteiger partial charge in [-0.3, -0.25) is 10.4 Å². The molecule has 2 rings (SSSR count). The average Bonchev–Trinajstić information content (AvgIpc) is 2.30. The van der Waals surface area contributed by atoms with E-state index in [2.05, 4.69) is 11.9 Å². The molecule has 0 aromatic heterocycles. The molecule has 0 spiro atoms. The van der Waals surface area contributed by atoms with E-state index in [-0.39, 0.29) is 19.5 Å². The number of hydrogen-bond acceptors (Lipinski definition) is 3. The molecule has 0 amide bonds. The Morgan fingerprint density at radius 2 is 2.33 bits per heavy atom. The highest BCUT2D eigenvalue weighted by Gasteiger charge is 2.43. The van der Waals surface area contributed by atoms with Crippen LogP contribution in [0.3, 0.4) is 0 Å². The van der Waals surface area contributed by atoms with Gasteiger partial charge >= 0.3 is 0 Å². The molecule has 0 saturated carbocycles. The molecule has 0 aromatic rings. The Morgan fingerprint density at radius 3 is 2.94 bits per heavy atom. The highest BCUT2D eigenvalue weighted by Crippen LogP contribution is 2.34. The Hall–Kier alpha value is -1.43. The van der Waals surface area contributed by atoms with Gasteiger partial charge < -0.3 is 5.32 Å². The van der Waals surface area contributed by atoms with E-state index >= 15 is 0 Å². The van der Waals surface area contributed by atoms with Gasteiger partial charge in [0.2, 0.25) is 0 Å². The predicted octanol–water partition coefficient (Wildman–Crippen LogP) is 1.79. The van der Waals surface area contributed by atoms with E-state index in [4.69, 9.17) is 5.41 Å². The standard InChI is InChI=1S/C12H18F2N4/c1-3-10-7-17(5-4-12(10,13)14)18-8-16-9(2)6-11(18)15/h3,6,10,15-16H,1,4-5,7-8H2,2H3. The van der Waals surface area contributed by atoms with Gasteiger partial charge in [0.15, 0.2) is 0 Å². The summed E-state index contributed by atoms with van der Waals surface area (Å²) in [6.07, 6.45) is 2.81. The molecule has 0 bridgehead atoms. The number of piperidine rings is 1. The summed E-state index contributed by atoms with van der Waals surface area (Å²) < 4.78 is 27.1. The molecule has 0 aromatic carbocycles. The maximum absolute atomic E-state index is 13.6. The SMILES string of the molecule is C=CC1CN(N2CNC(C)=CC2=N)CCC1(F)F. The van der Waals surface area contributed by atoms with Gasteiger partial charge in [-0.1, -0.05) is 6.08 Å². The predicted molar refractivity (Wildman–Crippen MR) is 66.1 cm³/mol. The molecule has 18 heavy (non-hydrogen) atoms. The van der Waals surface area contributed by atoms with Crippen molar-refractivity contribution >= 4 is 5.84 Å². The second-order valence-electron chi connectivity index (χ2n) is 4.71. The molecule has 0 radical (unpaired) electrons. The van der Waals surface area contributed by atoms with E-state index in [1.807, 2.05) is 6.92 Å². The number of rotatable bonds is 2. The van der Waals surface area contributed by atoms with Crippen LogP contribution < -0.4 is 5.32 Å². The lowest BCUT2D eigenvalue weighted by Crippen LogP contribution is -2.58.